The topological polar surface area (TPSA) is 108 Å². The average molecular weight is 486 g/mol. The molecule has 0 aromatic carbocycles. The zero-order valence-electron chi connectivity index (χ0n) is 21.3. The van der Waals surface area contributed by atoms with Crippen LogP contribution in [0, 0.1) is 17.8 Å². The van der Waals surface area contributed by atoms with Gasteiger partial charge in [-0.1, -0.05) is 27.7 Å². The molecule has 0 aliphatic carbocycles. The highest BCUT2D eigenvalue weighted by Gasteiger charge is 2.39. The third kappa shape index (κ3) is 12.7. The first-order valence-corrected chi connectivity index (χ1v) is 12.4. The molecule has 0 saturated carbocycles. The second-order valence-electron chi connectivity index (χ2n) is 9.15. The number of imide groups is 1. The Hall–Kier alpha value is -1.68. The van der Waals surface area contributed by atoms with Gasteiger partial charge in [-0.05, 0) is 12.3 Å². The Balaban J connectivity index is 1.88. The van der Waals surface area contributed by atoms with Gasteiger partial charge in [-0.3, -0.25) is 24.1 Å². The van der Waals surface area contributed by atoms with Crippen LogP contribution in [0.15, 0.2) is 0 Å². The molecule has 1 heterocycles. The Labute approximate surface area is 203 Å². The molecule has 2 amide bonds. The molecule has 9 nitrogen and oxygen atoms in total. The summed E-state index contributed by atoms with van der Waals surface area (Å²) in [6.45, 7) is 11.4. The summed E-state index contributed by atoms with van der Waals surface area (Å²) in [5, 5.41) is 0. The summed E-state index contributed by atoms with van der Waals surface area (Å²) in [4.78, 5) is 48.9. The number of rotatable bonds is 21. The summed E-state index contributed by atoms with van der Waals surface area (Å²) >= 11 is 0. The van der Waals surface area contributed by atoms with Crippen LogP contribution in [0.2, 0.25) is 0 Å². The van der Waals surface area contributed by atoms with E-state index < -0.39 is 0 Å². The van der Waals surface area contributed by atoms with Gasteiger partial charge in [0, 0.05) is 50.7 Å². The maximum atomic E-state index is 12.2. The first-order valence-electron chi connectivity index (χ1n) is 12.4. The van der Waals surface area contributed by atoms with Crippen molar-refractivity contribution in [3.8, 4) is 0 Å². The molecule has 1 unspecified atom stereocenters. The summed E-state index contributed by atoms with van der Waals surface area (Å²) < 4.78 is 21.6. The van der Waals surface area contributed by atoms with Crippen molar-refractivity contribution in [1.29, 1.82) is 0 Å². The van der Waals surface area contributed by atoms with Crippen LogP contribution in [0.4, 0.5) is 0 Å². The minimum absolute atomic E-state index is 0.0288. The predicted molar refractivity (Wildman–Crippen MR) is 126 cm³/mol. The summed E-state index contributed by atoms with van der Waals surface area (Å²) in [5.74, 6) is -0.165. The Kier molecular flexibility index (Phi) is 15.8. The van der Waals surface area contributed by atoms with Crippen molar-refractivity contribution in [3.63, 3.8) is 0 Å². The van der Waals surface area contributed by atoms with Crippen LogP contribution >= 0.6 is 0 Å². The molecule has 1 atom stereocenters. The Morgan fingerprint density at radius 2 is 1.32 bits per heavy atom. The number of hydrogen-bond donors (Lipinski definition) is 0. The molecule has 0 bridgehead atoms. The van der Waals surface area contributed by atoms with Crippen molar-refractivity contribution < 1.29 is 38.1 Å². The van der Waals surface area contributed by atoms with Crippen LogP contribution in [0.1, 0.15) is 59.8 Å². The molecule has 1 aliphatic heterocycles. The third-order valence-corrected chi connectivity index (χ3v) is 5.69. The quantitative estimate of drug-likeness (QED) is 0.180. The number of hydrogen-bond acceptors (Lipinski definition) is 8. The molecule has 196 valence electrons. The van der Waals surface area contributed by atoms with Gasteiger partial charge in [-0.15, -0.1) is 0 Å². The van der Waals surface area contributed by atoms with Crippen LogP contribution in [0.25, 0.3) is 0 Å². The number of likely N-dealkylation sites (tertiary alicyclic amines) is 1. The van der Waals surface area contributed by atoms with E-state index in [2.05, 4.69) is 0 Å². The molecule has 34 heavy (non-hydrogen) atoms. The lowest BCUT2D eigenvalue weighted by molar-refractivity contribution is -0.140. The lowest BCUT2D eigenvalue weighted by Gasteiger charge is -2.15. The summed E-state index contributed by atoms with van der Waals surface area (Å²) in [5.41, 5.74) is 0. The molecule has 0 aromatic rings. The zero-order chi connectivity index (χ0) is 25.3. The maximum Gasteiger partial charge on any atom is 0.233 e. The van der Waals surface area contributed by atoms with Crippen LogP contribution in [0.3, 0.4) is 0 Å². The molecular weight excluding hydrogens is 442 g/mol. The van der Waals surface area contributed by atoms with E-state index in [-0.39, 0.29) is 60.5 Å². The van der Waals surface area contributed by atoms with Gasteiger partial charge < -0.3 is 18.9 Å². The molecular formula is C25H43NO8. The Morgan fingerprint density at radius 1 is 0.794 bits per heavy atom. The van der Waals surface area contributed by atoms with Gasteiger partial charge in [-0.25, -0.2) is 0 Å². The van der Waals surface area contributed by atoms with Gasteiger partial charge in [0.15, 0.2) is 0 Å². The van der Waals surface area contributed by atoms with E-state index in [0.29, 0.717) is 72.1 Å². The zero-order valence-corrected chi connectivity index (χ0v) is 21.3. The SMILES string of the molecule is CC(C)C(=O)CCOCCOCCOCCOCCCC(=O)CCN1C(=O)CC(C(C)C)C1=O. The van der Waals surface area contributed by atoms with Crippen LogP contribution in [-0.4, -0.2) is 87.7 Å². The summed E-state index contributed by atoms with van der Waals surface area (Å²) in [7, 11) is 0. The summed E-state index contributed by atoms with van der Waals surface area (Å²) in [6, 6.07) is 0. The van der Waals surface area contributed by atoms with E-state index in [0.717, 1.165) is 0 Å². The highest BCUT2D eigenvalue weighted by Crippen LogP contribution is 2.26. The summed E-state index contributed by atoms with van der Waals surface area (Å²) in [6.07, 6.45) is 1.86. The van der Waals surface area contributed by atoms with Gasteiger partial charge in [0.2, 0.25) is 11.8 Å². The van der Waals surface area contributed by atoms with Crippen molar-refractivity contribution in [1.82, 2.24) is 4.90 Å². The normalized spacial score (nSPS) is 16.3. The van der Waals surface area contributed by atoms with Gasteiger partial charge in [0.1, 0.15) is 11.6 Å². The Morgan fingerprint density at radius 3 is 1.82 bits per heavy atom. The average Bonchev–Trinajstić information content (AvgIpc) is 3.08. The first kappa shape index (κ1) is 30.4. The first-order chi connectivity index (χ1) is 16.2. The van der Waals surface area contributed by atoms with Crippen LogP contribution in [0.5, 0.6) is 0 Å². The maximum absolute atomic E-state index is 12.2. The standard InChI is InChI=1S/C25H43NO8/c1-19(2)22-18-24(29)26(25(22)30)9-7-21(27)6-5-10-31-12-14-33-16-17-34-15-13-32-11-8-23(28)20(3)4/h19-20,22H,5-18H2,1-4H3. The fourth-order valence-electron chi connectivity index (χ4n) is 3.42. The van der Waals surface area contributed by atoms with E-state index >= 15 is 0 Å². The smallest absolute Gasteiger partial charge is 0.233 e. The fourth-order valence-corrected chi connectivity index (χ4v) is 3.42. The van der Waals surface area contributed by atoms with Crippen molar-refractivity contribution >= 4 is 23.4 Å². The van der Waals surface area contributed by atoms with E-state index in [9.17, 15) is 19.2 Å². The number of nitrogens with zero attached hydrogens (tertiary/aromatic N) is 1. The van der Waals surface area contributed by atoms with E-state index in [1.807, 2.05) is 27.7 Å². The second kappa shape index (κ2) is 17.7. The molecule has 1 rings (SSSR count). The monoisotopic (exact) mass is 485 g/mol. The molecule has 9 heteroatoms. The van der Waals surface area contributed by atoms with Crippen LogP contribution in [-0.2, 0) is 38.1 Å². The fraction of sp³-hybridized carbons (Fsp3) is 0.840. The molecule has 0 aromatic heterocycles. The van der Waals surface area contributed by atoms with Gasteiger partial charge in [0.25, 0.3) is 0 Å². The van der Waals surface area contributed by atoms with Crippen molar-refractivity contribution in [2.45, 2.75) is 59.8 Å². The molecule has 1 fully saturated rings. The molecule has 0 radical (unpaired) electrons. The van der Waals surface area contributed by atoms with Crippen molar-refractivity contribution in [2.24, 2.45) is 17.8 Å². The van der Waals surface area contributed by atoms with Crippen molar-refractivity contribution in [3.05, 3.63) is 0 Å². The third-order valence-electron chi connectivity index (χ3n) is 5.69. The molecule has 1 aliphatic rings. The van der Waals surface area contributed by atoms with E-state index in [1.165, 1.54) is 4.90 Å². The highest BCUT2D eigenvalue weighted by molar-refractivity contribution is 6.03. The minimum atomic E-state index is -0.253. The second-order valence-corrected chi connectivity index (χ2v) is 9.15. The van der Waals surface area contributed by atoms with Gasteiger partial charge in [-0.2, -0.15) is 0 Å². The molecule has 0 spiro atoms. The predicted octanol–water partition coefficient (Wildman–Crippen LogP) is 2.44. The lowest BCUT2D eigenvalue weighted by Crippen LogP contribution is -2.33. The van der Waals surface area contributed by atoms with Crippen molar-refractivity contribution in [2.75, 3.05) is 59.4 Å². The largest absolute Gasteiger partial charge is 0.379 e. The highest BCUT2D eigenvalue weighted by atomic mass is 16.6. The van der Waals surface area contributed by atoms with Gasteiger partial charge in [0.05, 0.1) is 46.2 Å². The molecule has 0 N–H and O–H groups in total. The number of Topliss-reactive ketones (excluding diaryl/α,β-unsaturated/α-hetero) is 2. The number of amides is 2. The lowest BCUT2D eigenvalue weighted by atomic mass is 9.94. The molecule has 1 saturated heterocycles. The Bertz CT molecular complexity index is 634. The minimum Gasteiger partial charge on any atom is -0.379 e. The van der Waals surface area contributed by atoms with Crippen LogP contribution < -0.4 is 0 Å². The number of carbonyl (C=O) groups excluding carboxylic acids is 4. The van der Waals surface area contributed by atoms with E-state index in [4.69, 9.17) is 18.9 Å². The number of carbonyl (C=O) groups is 4. The number of ketones is 2. The van der Waals surface area contributed by atoms with E-state index in [1.54, 1.807) is 0 Å². The number of ether oxygens (including phenoxy) is 4. The van der Waals surface area contributed by atoms with Gasteiger partial charge >= 0.3 is 0 Å².